The molecule has 1 aromatic carbocycles. The van der Waals surface area contributed by atoms with Gasteiger partial charge in [0.25, 0.3) is 0 Å². The molecular formula is C22H33N3O3. The summed E-state index contributed by atoms with van der Waals surface area (Å²) in [5, 5.41) is 13.8. The van der Waals surface area contributed by atoms with Gasteiger partial charge in [-0.3, -0.25) is 0 Å². The Morgan fingerprint density at radius 2 is 1.86 bits per heavy atom. The number of aliphatic hydroxyl groups excluding tert-OH is 1. The van der Waals surface area contributed by atoms with Gasteiger partial charge in [0.05, 0.1) is 30.3 Å². The smallest absolute Gasteiger partial charge is 0.129 e. The molecule has 0 spiro atoms. The van der Waals surface area contributed by atoms with Gasteiger partial charge in [-0.25, -0.2) is 4.68 Å². The van der Waals surface area contributed by atoms with Gasteiger partial charge in [-0.1, -0.05) is 6.92 Å². The van der Waals surface area contributed by atoms with E-state index in [2.05, 4.69) is 10.00 Å². The number of Topliss-reactive ketones (excluding diaryl/α,β-unsaturated/α-hetero) is 1. The standard InChI is InChI=1S/C18H25N3O2.C4H8O/c1-15-13-17(14-22)21(19-15)16-5-7-18(8-6-16)23-12-4-11-20-9-2-3-10-20;1-3-4(2)5/h5-8,13,22H,2-4,9-12,14H2,1H3;3H2,1-2H3. The molecular weight excluding hydrogens is 354 g/mol. The van der Waals surface area contributed by atoms with Gasteiger partial charge < -0.3 is 19.5 Å². The topological polar surface area (TPSA) is 67.6 Å². The minimum Gasteiger partial charge on any atom is -0.494 e. The lowest BCUT2D eigenvalue weighted by Crippen LogP contribution is -2.21. The number of ketones is 1. The first-order valence-corrected chi connectivity index (χ1v) is 10.1. The number of nitrogens with zero attached hydrogens (tertiary/aromatic N) is 3. The number of rotatable bonds is 8. The van der Waals surface area contributed by atoms with Crippen LogP contribution in [0, 0.1) is 6.92 Å². The molecule has 2 aromatic rings. The van der Waals surface area contributed by atoms with Gasteiger partial charge in [0.15, 0.2) is 0 Å². The number of benzene rings is 1. The molecule has 1 aromatic heterocycles. The van der Waals surface area contributed by atoms with E-state index in [0.717, 1.165) is 42.4 Å². The molecule has 1 saturated heterocycles. The number of hydrogen-bond donors (Lipinski definition) is 1. The highest BCUT2D eigenvalue weighted by Gasteiger charge is 2.10. The van der Waals surface area contributed by atoms with Crippen molar-refractivity contribution in [2.45, 2.75) is 53.1 Å². The predicted molar refractivity (Wildman–Crippen MR) is 111 cm³/mol. The van der Waals surface area contributed by atoms with Gasteiger partial charge in [0.2, 0.25) is 0 Å². The van der Waals surface area contributed by atoms with Gasteiger partial charge in [-0.05, 0) is 76.5 Å². The van der Waals surface area contributed by atoms with E-state index in [1.807, 2.05) is 44.2 Å². The Morgan fingerprint density at radius 1 is 1.21 bits per heavy atom. The fourth-order valence-electron chi connectivity index (χ4n) is 3.06. The molecule has 3 rings (SSSR count). The van der Waals surface area contributed by atoms with Crippen molar-refractivity contribution in [1.29, 1.82) is 0 Å². The summed E-state index contributed by atoms with van der Waals surface area (Å²) >= 11 is 0. The molecule has 0 unspecified atom stereocenters. The second-order valence-corrected chi connectivity index (χ2v) is 7.15. The van der Waals surface area contributed by atoms with Crippen molar-refractivity contribution in [2.24, 2.45) is 0 Å². The Morgan fingerprint density at radius 3 is 2.43 bits per heavy atom. The molecule has 0 bridgehead atoms. The molecule has 0 saturated carbocycles. The summed E-state index contributed by atoms with van der Waals surface area (Å²) in [5.41, 5.74) is 2.63. The van der Waals surface area contributed by atoms with Gasteiger partial charge in [-0.15, -0.1) is 0 Å². The molecule has 1 N–H and O–H groups in total. The van der Waals surface area contributed by atoms with E-state index in [-0.39, 0.29) is 12.4 Å². The molecule has 2 heterocycles. The van der Waals surface area contributed by atoms with Gasteiger partial charge in [-0.2, -0.15) is 5.10 Å². The quantitative estimate of drug-likeness (QED) is 0.702. The van der Waals surface area contributed by atoms with Crippen LogP contribution in [-0.2, 0) is 11.4 Å². The number of likely N-dealkylation sites (tertiary alicyclic amines) is 1. The highest BCUT2D eigenvalue weighted by molar-refractivity contribution is 5.74. The highest BCUT2D eigenvalue weighted by atomic mass is 16.5. The molecule has 6 nitrogen and oxygen atoms in total. The van der Waals surface area contributed by atoms with Crippen LogP contribution in [0.2, 0.25) is 0 Å². The number of ether oxygens (including phenoxy) is 1. The first-order chi connectivity index (χ1) is 13.5. The normalized spacial score (nSPS) is 13.9. The number of hydrogen-bond acceptors (Lipinski definition) is 5. The fraction of sp³-hybridized carbons (Fsp3) is 0.545. The molecule has 1 aliphatic rings. The predicted octanol–water partition coefficient (Wildman–Crippen LogP) is 3.52. The number of carbonyl (C=O) groups excluding carboxylic acids is 1. The monoisotopic (exact) mass is 387 g/mol. The number of aromatic nitrogens is 2. The van der Waals surface area contributed by atoms with E-state index in [1.165, 1.54) is 25.9 Å². The minimum atomic E-state index is -0.0183. The average molecular weight is 388 g/mol. The third-order valence-electron chi connectivity index (χ3n) is 4.73. The van der Waals surface area contributed by atoms with Crippen LogP contribution in [0.5, 0.6) is 5.75 Å². The van der Waals surface area contributed by atoms with Crippen LogP contribution < -0.4 is 4.74 Å². The first kappa shape index (κ1) is 22.1. The maximum atomic E-state index is 9.81. The zero-order chi connectivity index (χ0) is 20.4. The summed E-state index contributed by atoms with van der Waals surface area (Å²) in [4.78, 5) is 12.3. The molecule has 0 radical (unpaired) electrons. The summed E-state index contributed by atoms with van der Waals surface area (Å²) in [6, 6.07) is 9.76. The second kappa shape index (κ2) is 11.6. The third-order valence-corrected chi connectivity index (χ3v) is 4.73. The van der Waals surface area contributed by atoms with Crippen molar-refractivity contribution in [1.82, 2.24) is 14.7 Å². The lowest BCUT2D eigenvalue weighted by molar-refractivity contribution is -0.116. The first-order valence-electron chi connectivity index (χ1n) is 10.1. The van der Waals surface area contributed by atoms with Crippen molar-refractivity contribution in [2.75, 3.05) is 26.2 Å². The summed E-state index contributed by atoms with van der Waals surface area (Å²) in [6.45, 7) is 9.70. The second-order valence-electron chi connectivity index (χ2n) is 7.15. The largest absolute Gasteiger partial charge is 0.494 e. The van der Waals surface area contributed by atoms with Crippen molar-refractivity contribution >= 4 is 5.78 Å². The summed E-state index contributed by atoms with van der Waals surface area (Å²) < 4.78 is 7.58. The molecule has 1 fully saturated rings. The highest BCUT2D eigenvalue weighted by Crippen LogP contribution is 2.18. The molecule has 154 valence electrons. The van der Waals surface area contributed by atoms with Crippen LogP contribution >= 0.6 is 0 Å². The Kier molecular flexibility index (Phi) is 9.17. The molecule has 0 aliphatic carbocycles. The van der Waals surface area contributed by atoms with Crippen LogP contribution in [0.3, 0.4) is 0 Å². The summed E-state index contributed by atoms with van der Waals surface area (Å²) in [7, 11) is 0. The molecule has 1 aliphatic heterocycles. The Labute approximate surface area is 168 Å². The Balaban J connectivity index is 0.000000500. The van der Waals surface area contributed by atoms with E-state index in [9.17, 15) is 9.90 Å². The summed E-state index contributed by atoms with van der Waals surface area (Å²) in [5.74, 6) is 1.13. The van der Waals surface area contributed by atoms with E-state index in [0.29, 0.717) is 6.42 Å². The van der Waals surface area contributed by atoms with Crippen LogP contribution in [0.1, 0.15) is 50.9 Å². The van der Waals surface area contributed by atoms with Crippen LogP contribution in [-0.4, -0.2) is 51.8 Å². The van der Waals surface area contributed by atoms with Crippen LogP contribution in [0.25, 0.3) is 5.69 Å². The SMILES string of the molecule is CCC(C)=O.Cc1cc(CO)n(-c2ccc(OCCCN3CCCC3)cc2)n1. The maximum absolute atomic E-state index is 9.81. The zero-order valence-corrected chi connectivity index (χ0v) is 17.4. The van der Waals surface area contributed by atoms with Crippen LogP contribution in [0.4, 0.5) is 0 Å². The molecule has 0 amide bonds. The van der Waals surface area contributed by atoms with Gasteiger partial charge >= 0.3 is 0 Å². The maximum Gasteiger partial charge on any atom is 0.129 e. The van der Waals surface area contributed by atoms with Crippen molar-refractivity contribution < 1.29 is 14.6 Å². The molecule has 6 heteroatoms. The van der Waals surface area contributed by atoms with Crippen molar-refractivity contribution in [3.63, 3.8) is 0 Å². The van der Waals surface area contributed by atoms with E-state index in [4.69, 9.17) is 4.74 Å². The van der Waals surface area contributed by atoms with E-state index >= 15 is 0 Å². The Bertz CT molecular complexity index is 719. The fourth-order valence-corrected chi connectivity index (χ4v) is 3.06. The molecule has 28 heavy (non-hydrogen) atoms. The summed E-state index contributed by atoms with van der Waals surface area (Å²) in [6.07, 6.45) is 4.41. The Hall–Kier alpha value is -2.18. The van der Waals surface area contributed by atoms with E-state index in [1.54, 1.807) is 11.6 Å². The molecule has 0 atom stereocenters. The lowest BCUT2D eigenvalue weighted by atomic mass is 10.3. The van der Waals surface area contributed by atoms with Gasteiger partial charge in [0, 0.05) is 13.0 Å². The van der Waals surface area contributed by atoms with E-state index < -0.39 is 0 Å². The van der Waals surface area contributed by atoms with Crippen molar-refractivity contribution in [3.8, 4) is 11.4 Å². The van der Waals surface area contributed by atoms with Gasteiger partial charge in [0.1, 0.15) is 11.5 Å². The van der Waals surface area contributed by atoms with Crippen molar-refractivity contribution in [3.05, 3.63) is 41.7 Å². The lowest BCUT2D eigenvalue weighted by Gasteiger charge is -2.14. The third kappa shape index (κ3) is 7.09. The number of aliphatic hydroxyl groups is 1. The number of carbonyl (C=O) groups is 1. The van der Waals surface area contributed by atoms with Crippen LogP contribution in [0.15, 0.2) is 30.3 Å². The average Bonchev–Trinajstić information content (AvgIpc) is 3.35. The zero-order valence-electron chi connectivity index (χ0n) is 17.4. The minimum absolute atomic E-state index is 0.0183. The number of aryl methyl sites for hydroxylation is 1.